The molecule has 1 amide bonds. The van der Waals surface area contributed by atoms with Crippen LogP contribution in [0.1, 0.15) is 36.7 Å². The average Bonchev–Trinajstić information content (AvgIpc) is 2.77. The quantitative estimate of drug-likeness (QED) is 0.608. The van der Waals surface area contributed by atoms with Crippen molar-refractivity contribution in [2.75, 3.05) is 16.7 Å². The number of hydrogen-bond acceptors (Lipinski definition) is 4. The minimum absolute atomic E-state index is 0.0714. The van der Waals surface area contributed by atoms with Crippen molar-refractivity contribution < 1.29 is 4.79 Å². The Kier molecular flexibility index (Phi) is 3.71. The van der Waals surface area contributed by atoms with Gasteiger partial charge in [-0.05, 0) is 18.4 Å². The molecule has 0 fully saturated rings. The number of unbranched alkanes of at least 4 members (excludes halogenated alkanes) is 2. The monoisotopic (exact) mass is 240 g/mol. The van der Waals surface area contributed by atoms with Crippen LogP contribution in [0.2, 0.25) is 0 Å². The molecule has 2 rings (SSSR count). The van der Waals surface area contributed by atoms with Crippen molar-refractivity contribution in [2.24, 2.45) is 0 Å². The Hall–Kier alpha value is -1.17. The van der Waals surface area contributed by atoms with E-state index in [9.17, 15) is 4.79 Å². The highest BCUT2D eigenvalue weighted by molar-refractivity contribution is 8.00. The third-order valence-electron chi connectivity index (χ3n) is 2.46. The van der Waals surface area contributed by atoms with E-state index in [0.717, 1.165) is 11.6 Å². The number of carbonyl (C=O) groups is 1. The molecule has 1 aliphatic heterocycles. The molecule has 1 aliphatic rings. The van der Waals surface area contributed by atoms with Crippen LogP contribution in [0.5, 0.6) is 0 Å². The molecule has 0 radical (unpaired) electrons. The fraction of sp³-hybridized carbons (Fsp3) is 0.600. The van der Waals surface area contributed by atoms with E-state index in [1.54, 1.807) is 18.3 Å². The Labute approximate surface area is 99.1 Å². The number of fused-ring (bicyclic) bond motifs is 1. The number of aromatic nitrogens is 2. The molecule has 0 aliphatic carbocycles. The number of H-pyrrole nitrogens is 1. The second kappa shape index (κ2) is 5.25. The second-order valence-electron chi connectivity index (χ2n) is 3.68. The minimum atomic E-state index is -0.0714. The molecular weight excluding hydrogens is 224 g/mol. The van der Waals surface area contributed by atoms with Gasteiger partial charge in [0.25, 0.3) is 5.91 Å². The number of nitrogens with one attached hydrogen (secondary N) is 2. The van der Waals surface area contributed by atoms with E-state index in [1.807, 2.05) is 4.31 Å². The number of rotatable bonds is 5. The summed E-state index contributed by atoms with van der Waals surface area (Å²) < 4.78 is 2.03. The van der Waals surface area contributed by atoms with Crippen LogP contribution in [0.15, 0.2) is 6.33 Å². The number of carbonyl (C=O) groups excluding carboxylic acids is 1. The Morgan fingerprint density at radius 3 is 3.25 bits per heavy atom. The zero-order valence-electron chi connectivity index (χ0n) is 9.32. The summed E-state index contributed by atoms with van der Waals surface area (Å²) in [6, 6.07) is 0. The van der Waals surface area contributed by atoms with Gasteiger partial charge in [0.05, 0.1) is 6.33 Å². The molecule has 0 saturated carbocycles. The number of nitrogens with zero attached hydrogens (tertiary/aromatic N) is 2. The van der Waals surface area contributed by atoms with Crippen LogP contribution >= 0.6 is 11.9 Å². The van der Waals surface area contributed by atoms with E-state index in [-0.39, 0.29) is 5.91 Å². The fourth-order valence-electron chi connectivity index (χ4n) is 1.58. The molecule has 0 aromatic carbocycles. The van der Waals surface area contributed by atoms with Crippen molar-refractivity contribution in [3.8, 4) is 0 Å². The molecule has 0 spiro atoms. The van der Waals surface area contributed by atoms with E-state index in [4.69, 9.17) is 0 Å². The van der Waals surface area contributed by atoms with E-state index in [0.29, 0.717) is 12.4 Å². The number of imidazole rings is 1. The van der Waals surface area contributed by atoms with E-state index in [1.165, 1.54) is 19.3 Å². The van der Waals surface area contributed by atoms with Crippen molar-refractivity contribution >= 4 is 23.7 Å². The summed E-state index contributed by atoms with van der Waals surface area (Å²) >= 11 is 1.72. The van der Waals surface area contributed by atoms with Crippen LogP contribution in [-0.4, -0.2) is 28.3 Å². The van der Waals surface area contributed by atoms with Crippen LogP contribution in [0.25, 0.3) is 0 Å². The second-order valence-corrected chi connectivity index (χ2v) is 4.79. The van der Waals surface area contributed by atoms with Gasteiger partial charge in [0.2, 0.25) is 0 Å². The Morgan fingerprint density at radius 1 is 1.56 bits per heavy atom. The summed E-state index contributed by atoms with van der Waals surface area (Å²) in [6.07, 6.45) is 5.24. The predicted molar refractivity (Wildman–Crippen MR) is 65.4 cm³/mol. The summed E-state index contributed by atoms with van der Waals surface area (Å²) in [5.74, 6) is 1.75. The van der Waals surface area contributed by atoms with Crippen LogP contribution in [0.4, 0.5) is 5.82 Å². The maximum Gasteiger partial charge on any atom is 0.273 e. The first-order chi connectivity index (χ1) is 7.83. The largest absolute Gasteiger partial charge is 0.339 e. The van der Waals surface area contributed by atoms with Gasteiger partial charge in [-0.15, -0.1) is 0 Å². The average molecular weight is 240 g/mol. The summed E-state index contributed by atoms with van der Waals surface area (Å²) in [4.78, 5) is 18.5. The van der Waals surface area contributed by atoms with Gasteiger partial charge in [0.15, 0.2) is 5.82 Å². The highest BCUT2D eigenvalue weighted by atomic mass is 32.2. The predicted octanol–water partition coefficient (Wildman–Crippen LogP) is 1.76. The molecule has 0 atom stereocenters. The third kappa shape index (κ3) is 2.32. The summed E-state index contributed by atoms with van der Waals surface area (Å²) in [7, 11) is 0. The van der Waals surface area contributed by atoms with Crippen LogP contribution in [-0.2, 0) is 0 Å². The summed E-state index contributed by atoms with van der Waals surface area (Å²) in [5.41, 5.74) is 0.564. The lowest BCUT2D eigenvalue weighted by atomic mass is 10.3. The molecule has 16 heavy (non-hydrogen) atoms. The molecule has 88 valence electrons. The highest BCUT2D eigenvalue weighted by Crippen LogP contribution is 2.26. The van der Waals surface area contributed by atoms with Gasteiger partial charge in [-0.25, -0.2) is 4.98 Å². The molecule has 6 heteroatoms. The third-order valence-corrected chi connectivity index (χ3v) is 3.55. The Balaban J connectivity index is 1.93. The summed E-state index contributed by atoms with van der Waals surface area (Å²) in [5, 5.41) is 2.81. The standard InChI is InChI=1S/C10H16N4OS/c1-2-3-4-5-16-14-7-13-10(15)8-9(14)12-6-11-8/h6H,2-5,7H2,1H3,(H,11,12)(H,13,15). The molecule has 2 N–H and O–H groups in total. The lowest BCUT2D eigenvalue weighted by Gasteiger charge is -2.26. The zero-order valence-corrected chi connectivity index (χ0v) is 10.1. The topological polar surface area (TPSA) is 61.0 Å². The Bertz CT molecular complexity index is 365. The van der Waals surface area contributed by atoms with Gasteiger partial charge >= 0.3 is 0 Å². The first-order valence-electron chi connectivity index (χ1n) is 5.55. The van der Waals surface area contributed by atoms with Crippen LogP contribution in [0, 0.1) is 0 Å². The first kappa shape index (κ1) is 11.3. The molecule has 1 aromatic heterocycles. The van der Waals surface area contributed by atoms with Gasteiger partial charge in [-0.3, -0.25) is 9.10 Å². The molecule has 0 bridgehead atoms. The van der Waals surface area contributed by atoms with E-state index < -0.39 is 0 Å². The molecule has 2 heterocycles. The number of aromatic amines is 1. The maximum absolute atomic E-state index is 11.5. The number of anilines is 1. The maximum atomic E-state index is 11.5. The summed E-state index contributed by atoms with van der Waals surface area (Å²) in [6.45, 7) is 2.73. The smallest absolute Gasteiger partial charge is 0.273 e. The van der Waals surface area contributed by atoms with Crippen molar-refractivity contribution in [3.05, 3.63) is 12.0 Å². The van der Waals surface area contributed by atoms with Crippen LogP contribution < -0.4 is 9.62 Å². The molecule has 0 unspecified atom stereocenters. The molecular formula is C10H16N4OS. The zero-order chi connectivity index (χ0) is 11.4. The van der Waals surface area contributed by atoms with Gasteiger partial charge in [0, 0.05) is 5.75 Å². The van der Waals surface area contributed by atoms with Gasteiger partial charge < -0.3 is 10.3 Å². The van der Waals surface area contributed by atoms with E-state index in [2.05, 4.69) is 22.2 Å². The van der Waals surface area contributed by atoms with Gasteiger partial charge in [-0.1, -0.05) is 19.8 Å². The van der Waals surface area contributed by atoms with Gasteiger partial charge in [-0.2, -0.15) is 0 Å². The van der Waals surface area contributed by atoms with Gasteiger partial charge in [0.1, 0.15) is 12.4 Å². The van der Waals surface area contributed by atoms with Crippen molar-refractivity contribution in [3.63, 3.8) is 0 Å². The molecule has 1 aromatic rings. The lowest BCUT2D eigenvalue weighted by molar-refractivity contribution is 0.0946. The Morgan fingerprint density at radius 2 is 2.44 bits per heavy atom. The minimum Gasteiger partial charge on any atom is -0.339 e. The number of amides is 1. The van der Waals surface area contributed by atoms with Crippen molar-refractivity contribution in [1.82, 2.24) is 15.3 Å². The van der Waals surface area contributed by atoms with Crippen LogP contribution in [0.3, 0.4) is 0 Å². The SMILES string of the molecule is CCCCCSN1CNC(=O)c2[nH]cnc21. The molecule has 5 nitrogen and oxygen atoms in total. The normalized spacial score (nSPS) is 14.8. The van der Waals surface area contributed by atoms with Crippen molar-refractivity contribution in [2.45, 2.75) is 26.2 Å². The highest BCUT2D eigenvalue weighted by Gasteiger charge is 2.25. The fourth-order valence-corrected chi connectivity index (χ4v) is 2.55. The lowest BCUT2D eigenvalue weighted by Crippen LogP contribution is -2.40. The van der Waals surface area contributed by atoms with E-state index >= 15 is 0 Å². The molecule has 0 saturated heterocycles. The number of hydrogen-bond donors (Lipinski definition) is 2. The van der Waals surface area contributed by atoms with Crippen molar-refractivity contribution in [1.29, 1.82) is 0 Å². The first-order valence-corrected chi connectivity index (χ1v) is 6.49.